The van der Waals surface area contributed by atoms with Crippen LogP contribution in [0.2, 0.25) is 0 Å². The fourth-order valence-electron chi connectivity index (χ4n) is 1.82. The van der Waals surface area contributed by atoms with Crippen molar-refractivity contribution in [3.05, 3.63) is 30.1 Å². The van der Waals surface area contributed by atoms with Crippen molar-refractivity contribution in [2.75, 3.05) is 20.2 Å². The molecule has 1 aromatic rings. The van der Waals surface area contributed by atoms with E-state index >= 15 is 0 Å². The van der Waals surface area contributed by atoms with E-state index in [9.17, 15) is 20.4 Å². The lowest BCUT2D eigenvalue weighted by Crippen LogP contribution is -2.49. The minimum absolute atomic E-state index is 0.0902. The third-order valence-electron chi connectivity index (χ3n) is 2.98. The van der Waals surface area contributed by atoms with E-state index in [0.29, 0.717) is 6.54 Å². The Labute approximate surface area is 117 Å². The zero-order valence-electron chi connectivity index (χ0n) is 11.4. The largest absolute Gasteiger partial charge is 0.394 e. The monoisotopic (exact) mass is 286 g/mol. The molecule has 7 nitrogen and oxygen atoms in total. The molecule has 0 saturated heterocycles. The highest BCUT2D eigenvalue weighted by atomic mass is 16.4. The number of pyridine rings is 1. The van der Waals surface area contributed by atoms with Gasteiger partial charge in [-0.1, -0.05) is 6.07 Å². The predicted octanol–water partition coefficient (Wildman–Crippen LogP) is -2.05. The quantitative estimate of drug-likeness (QED) is 0.373. The van der Waals surface area contributed by atoms with Gasteiger partial charge in [-0.2, -0.15) is 0 Å². The molecule has 0 spiro atoms. The van der Waals surface area contributed by atoms with Crippen molar-refractivity contribution in [2.45, 2.75) is 31.0 Å². The van der Waals surface area contributed by atoms with Crippen LogP contribution in [0.4, 0.5) is 0 Å². The summed E-state index contributed by atoms with van der Waals surface area (Å²) in [6.07, 6.45) is -4.21. The van der Waals surface area contributed by atoms with Gasteiger partial charge >= 0.3 is 0 Å². The van der Waals surface area contributed by atoms with E-state index in [1.54, 1.807) is 24.2 Å². The molecule has 1 rings (SSSR count). The van der Waals surface area contributed by atoms with Crippen LogP contribution in [-0.4, -0.2) is 80.0 Å². The molecule has 0 aliphatic heterocycles. The molecule has 0 fully saturated rings. The second-order valence-electron chi connectivity index (χ2n) is 4.82. The van der Waals surface area contributed by atoms with Gasteiger partial charge in [0.25, 0.3) is 0 Å². The molecular formula is C13H22N2O5. The predicted molar refractivity (Wildman–Crippen MR) is 71.7 cm³/mol. The molecule has 114 valence electrons. The van der Waals surface area contributed by atoms with Gasteiger partial charge in [0, 0.05) is 19.3 Å². The van der Waals surface area contributed by atoms with Crippen LogP contribution in [0.1, 0.15) is 5.69 Å². The average molecular weight is 286 g/mol. The van der Waals surface area contributed by atoms with Gasteiger partial charge in [-0.3, -0.25) is 9.88 Å². The van der Waals surface area contributed by atoms with Gasteiger partial charge in [0.1, 0.15) is 18.3 Å². The zero-order valence-corrected chi connectivity index (χ0v) is 11.4. The summed E-state index contributed by atoms with van der Waals surface area (Å²) in [7, 11) is 1.74. The first-order valence-corrected chi connectivity index (χ1v) is 6.37. The molecule has 7 heteroatoms. The molecule has 0 bridgehead atoms. The van der Waals surface area contributed by atoms with Crippen molar-refractivity contribution in [3.63, 3.8) is 0 Å². The Morgan fingerprint density at radius 1 is 1.10 bits per heavy atom. The van der Waals surface area contributed by atoms with Gasteiger partial charge in [-0.25, -0.2) is 0 Å². The van der Waals surface area contributed by atoms with Gasteiger partial charge in [0.2, 0.25) is 0 Å². The van der Waals surface area contributed by atoms with Crippen LogP contribution in [0.15, 0.2) is 24.4 Å². The molecule has 0 amide bonds. The summed E-state index contributed by atoms with van der Waals surface area (Å²) in [5, 5.41) is 46.9. The Morgan fingerprint density at radius 2 is 1.75 bits per heavy atom. The smallest absolute Gasteiger partial charge is 0.111 e. The molecule has 5 N–H and O–H groups in total. The fourth-order valence-corrected chi connectivity index (χ4v) is 1.82. The van der Waals surface area contributed by atoms with Gasteiger partial charge in [-0.05, 0) is 19.2 Å². The Bertz CT molecular complexity index is 378. The number of hydrogen-bond donors (Lipinski definition) is 5. The minimum Gasteiger partial charge on any atom is -0.394 e. The van der Waals surface area contributed by atoms with Gasteiger partial charge < -0.3 is 25.5 Å². The maximum Gasteiger partial charge on any atom is 0.111 e. The molecule has 20 heavy (non-hydrogen) atoms. The Hall–Kier alpha value is -1.09. The number of aromatic nitrogens is 1. The molecule has 0 saturated carbocycles. The Balaban J connectivity index is 2.46. The van der Waals surface area contributed by atoms with E-state index in [2.05, 4.69) is 4.98 Å². The highest BCUT2D eigenvalue weighted by Crippen LogP contribution is 2.07. The second kappa shape index (κ2) is 8.25. The number of nitrogens with zero attached hydrogens (tertiary/aromatic N) is 2. The Kier molecular flexibility index (Phi) is 7.00. The normalized spacial score (nSPS) is 17.8. The topological polar surface area (TPSA) is 117 Å². The lowest BCUT2D eigenvalue weighted by atomic mass is 10.0. The number of hydrogen-bond acceptors (Lipinski definition) is 7. The summed E-state index contributed by atoms with van der Waals surface area (Å²) in [5.74, 6) is 0. The molecular weight excluding hydrogens is 264 g/mol. The zero-order chi connectivity index (χ0) is 15.1. The number of rotatable bonds is 8. The summed E-state index contributed by atoms with van der Waals surface area (Å²) in [5.41, 5.74) is 0.813. The van der Waals surface area contributed by atoms with E-state index in [0.717, 1.165) is 5.69 Å². The van der Waals surface area contributed by atoms with Crippen LogP contribution in [0.5, 0.6) is 0 Å². The van der Waals surface area contributed by atoms with E-state index < -0.39 is 31.0 Å². The molecule has 0 aliphatic rings. The summed E-state index contributed by atoms with van der Waals surface area (Å²) in [6, 6.07) is 5.49. The maximum absolute atomic E-state index is 9.82. The minimum atomic E-state index is -1.60. The van der Waals surface area contributed by atoms with Crippen molar-refractivity contribution < 1.29 is 25.5 Å². The standard InChI is InChI=1S/C13H22N2O5/c1-15(6-9-4-2-3-5-14-9)7-10(17)12(19)13(20)11(18)8-16/h2-5,10-13,16-20H,6-8H2,1H3/t10-,11+,12+,13+/m0/s1. The van der Waals surface area contributed by atoms with E-state index in [1.807, 2.05) is 12.1 Å². The first kappa shape index (κ1) is 17.0. The lowest BCUT2D eigenvalue weighted by molar-refractivity contribution is -0.118. The van der Waals surface area contributed by atoms with Crippen molar-refractivity contribution in [2.24, 2.45) is 0 Å². The van der Waals surface area contributed by atoms with Gasteiger partial charge in [0.15, 0.2) is 0 Å². The summed E-state index contributed by atoms with van der Waals surface area (Å²) >= 11 is 0. The van der Waals surface area contributed by atoms with Gasteiger partial charge in [-0.15, -0.1) is 0 Å². The third-order valence-corrected chi connectivity index (χ3v) is 2.98. The number of aliphatic hydroxyl groups excluding tert-OH is 5. The van der Waals surface area contributed by atoms with E-state index in [4.69, 9.17) is 5.11 Å². The summed E-state index contributed by atoms with van der Waals surface area (Å²) < 4.78 is 0. The molecule has 0 radical (unpaired) electrons. The molecule has 1 heterocycles. The van der Waals surface area contributed by atoms with E-state index in [-0.39, 0.29) is 6.54 Å². The van der Waals surface area contributed by atoms with Crippen LogP contribution in [0, 0.1) is 0 Å². The highest BCUT2D eigenvalue weighted by molar-refractivity contribution is 5.03. The number of likely N-dealkylation sites (N-methyl/N-ethyl adjacent to an activating group) is 1. The Morgan fingerprint density at radius 3 is 2.30 bits per heavy atom. The van der Waals surface area contributed by atoms with Crippen LogP contribution in [0.25, 0.3) is 0 Å². The van der Waals surface area contributed by atoms with Crippen LogP contribution in [-0.2, 0) is 6.54 Å². The van der Waals surface area contributed by atoms with Crippen molar-refractivity contribution >= 4 is 0 Å². The second-order valence-corrected chi connectivity index (χ2v) is 4.82. The third kappa shape index (κ3) is 5.12. The first-order chi connectivity index (χ1) is 9.45. The molecule has 1 aromatic heterocycles. The molecule has 4 atom stereocenters. The summed E-state index contributed by atoms with van der Waals surface area (Å²) in [4.78, 5) is 5.87. The molecule has 0 unspecified atom stereocenters. The summed E-state index contributed by atoms with van der Waals surface area (Å²) in [6.45, 7) is -0.120. The number of aliphatic hydroxyl groups is 5. The molecule has 0 aliphatic carbocycles. The van der Waals surface area contributed by atoms with Crippen molar-refractivity contribution in [1.82, 2.24) is 9.88 Å². The maximum atomic E-state index is 9.82. The SMILES string of the molecule is CN(Cc1ccccn1)C[C@H](O)[C@@H](O)[C@H](O)[C@H](O)CO. The lowest BCUT2D eigenvalue weighted by Gasteiger charge is -2.28. The van der Waals surface area contributed by atoms with Crippen LogP contribution >= 0.6 is 0 Å². The first-order valence-electron chi connectivity index (χ1n) is 6.37. The van der Waals surface area contributed by atoms with Crippen molar-refractivity contribution in [3.8, 4) is 0 Å². The highest BCUT2D eigenvalue weighted by Gasteiger charge is 2.30. The van der Waals surface area contributed by atoms with Crippen LogP contribution in [0.3, 0.4) is 0 Å². The van der Waals surface area contributed by atoms with Crippen molar-refractivity contribution in [1.29, 1.82) is 0 Å². The fraction of sp³-hybridized carbons (Fsp3) is 0.615. The van der Waals surface area contributed by atoms with E-state index in [1.165, 1.54) is 0 Å². The average Bonchev–Trinajstić information content (AvgIpc) is 2.45. The van der Waals surface area contributed by atoms with Gasteiger partial charge in [0.05, 0.1) is 18.4 Å². The molecule has 0 aromatic carbocycles. The van der Waals surface area contributed by atoms with Crippen LogP contribution < -0.4 is 0 Å².